The van der Waals surface area contributed by atoms with Crippen LogP contribution in [-0.4, -0.2) is 58.4 Å². The molecule has 0 saturated carbocycles. The van der Waals surface area contributed by atoms with Crippen molar-refractivity contribution in [2.24, 2.45) is 0 Å². The molecule has 0 unspecified atom stereocenters. The number of phenols is 1. The van der Waals surface area contributed by atoms with Crippen LogP contribution in [0.3, 0.4) is 0 Å². The molecule has 7 nitrogen and oxygen atoms in total. The van der Waals surface area contributed by atoms with E-state index in [2.05, 4.69) is 20.2 Å². The van der Waals surface area contributed by atoms with Crippen molar-refractivity contribution in [2.45, 2.75) is 20.3 Å². The van der Waals surface area contributed by atoms with Crippen molar-refractivity contribution >= 4 is 17.3 Å². The highest BCUT2D eigenvalue weighted by atomic mass is 16.3. The van der Waals surface area contributed by atoms with E-state index in [1.54, 1.807) is 12.1 Å². The van der Waals surface area contributed by atoms with Crippen molar-refractivity contribution in [3.8, 4) is 11.4 Å². The predicted molar refractivity (Wildman–Crippen MR) is 123 cm³/mol. The Morgan fingerprint density at radius 3 is 2.32 bits per heavy atom. The monoisotopic (exact) mass is 419 g/mol. The number of aryl methyl sites for hydroxylation is 1. The van der Waals surface area contributed by atoms with E-state index in [-0.39, 0.29) is 11.7 Å². The molecule has 1 saturated heterocycles. The van der Waals surface area contributed by atoms with Crippen molar-refractivity contribution in [2.75, 3.05) is 42.9 Å². The molecule has 1 aromatic heterocycles. The Balaban J connectivity index is 1.28. The largest absolute Gasteiger partial charge is 0.508 e. The molecule has 1 fully saturated rings. The third-order valence-corrected chi connectivity index (χ3v) is 5.80. The normalized spacial score (nSPS) is 14.6. The van der Waals surface area contributed by atoms with Crippen LogP contribution in [0.1, 0.15) is 17.8 Å². The number of nitrogens with zero attached hydrogens (tertiary/aromatic N) is 4. The zero-order chi connectivity index (χ0) is 21.8. The number of carbonyl (C=O) groups excluding carboxylic acids is 1. The summed E-state index contributed by atoms with van der Waals surface area (Å²) in [7, 11) is 0. The Hall–Kier alpha value is -3.32. The second-order valence-corrected chi connectivity index (χ2v) is 7.94. The number of aromatic nitrogens is 2. The summed E-state index contributed by atoms with van der Waals surface area (Å²) in [5, 5.41) is 17.1. The van der Waals surface area contributed by atoms with Crippen molar-refractivity contribution in [1.82, 2.24) is 14.7 Å². The summed E-state index contributed by atoms with van der Waals surface area (Å²) in [4.78, 5) is 17.2. The van der Waals surface area contributed by atoms with Gasteiger partial charge in [0.15, 0.2) is 0 Å². The lowest BCUT2D eigenvalue weighted by Gasteiger charge is -2.36. The topological polar surface area (TPSA) is 73.6 Å². The molecule has 2 aromatic carbocycles. The molecular weight excluding hydrogens is 390 g/mol. The molecule has 0 atom stereocenters. The summed E-state index contributed by atoms with van der Waals surface area (Å²) in [6, 6.07) is 17.3. The number of nitrogens with one attached hydrogen (secondary N) is 1. The number of anilines is 2. The fourth-order valence-electron chi connectivity index (χ4n) is 4.00. The number of piperazine rings is 1. The van der Waals surface area contributed by atoms with Gasteiger partial charge in [0, 0.05) is 44.8 Å². The summed E-state index contributed by atoms with van der Waals surface area (Å²) >= 11 is 0. The first kappa shape index (κ1) is 20.9. The van der Waals surface area contributed by atoms with Gasteiger partial charge in [0.25, 0.3) is 0 Å². The van der Waals surface area contributed by atoms with Gasteiger partial charge in [0.05, 0.1) is 22.8 Å². The van der Waals surface area contributed by atoms with Crippen molar-refractivity contribution in [3.63, 3.8) is 0 Å². The lowest BCUT2D eigenvalue weighted by molar-refractivity contribution is -0.116. The van der Waals surface area contributed by atoms with Crippen LogP contribution in [-0.2, 0) is 4.79 Å². The van der Waals surface area contributed by atoms with E-state index in [0.717, 1.165) is 61.2 Å². The average molecular weight is 420 g/mol. The van der Waals surface area contributed by atoms with Crippen LogP contribution >= 0.6 is 0 Å². The molecule has 0 bridgehead atoms. The number of hydrogen-bond acceptors (Lipinski definition) is 5. The standard InChI is InChI=1S/C24H29N5O2/c1-18-24(19(2)29(26-18)21-6-4-3-5-7-21)25-23(31)12-13-27-14-16-28(17-15-27)20-8-10-22(30)11-9-20/h3-11,30H,12-17H2,1-2H3,(H,25,31). The second kappa shape index (κ2) is 9.22. The van der Waals surface area contributed by atoms with Gasteiger partial charge in [-0.3, -0.25) is 9.69 Å². The maximum atomic E-state index is 12.6. The minimum atomic E-state index is 0.0137. The van der Waals surface area contributed by atoms with Crippen LogP contribution in [0, 0.1) is 13.8 Å². The smallest absolute Gasteiger partial charge is 0.225 e. The summed E-state index contributed by atoms with van der Waals surface area (Å²) in [5.41, 5.74) is 4.65. The average Bonchev–Trinajstić information content (AvgIpc) is 3.07. The molecule has 1 amide bonds. The Labute approximate surface area is 182 Å². The molecule has 4 rings (SSSR count). The van der Waals surface area contributed by atoms with Gasteiger partial charge in [-0.1, -0.05) is 18.2 Å². The van der Waals surface area contributed by atoms with E-state index in [4.69, 9.17) is 0 Å². The minimum Gasteiger partial charge on any atom is -0.508 e. The van der Waals surface area contributed by atoms with Gasteiger partial charge in [-0.25, -0.2) is 4.68 Å². The zero-order valence-electron chi connectivity index (χ0n) is 18.1. The zero-order valence-corrected chi connectivity index (χ0v) is 18.1. The van der Waals surface area contributed by atoms with E-state index >= 15 is 0 Å². The molecule has 7 heteroatoms. The maximum Gasteiger partial charge on any atom is 0.225 e. The van der Waals surface area contributed by atoms with Crippen LogP contribution in [0.2, 0.25) is 0 Å². The van der Waals surface area contributed by atoms with Gasteiger partial charge in [-0.15, -0.1) is 0 Å². The number of amides is 1. The molecule has 0 aliphatic carbocycles. The first-order chi connectivity index (χ1) is 15.0. The first-order valence-electron chi connectivity index (χ1n) is 10.7. The molecule has 3 aromatic rings. The Kier molecular flexibility index (Phi) is 6.23. The molecule has 162 valence electrons. The number of aromatic hydroxyl groups is 1. The van der Waals surface area contributed by atoms with Gasteiger partial charge in [-0.2, -0.15) is 5.10 Å². The van der Waals surface area contributed by atoms with Crippen LogP contribution in [0.25, 0.3) is 5.69 Å². The van der Waals surface area contributed by atoms with Crippen LogP contribution in [0.4, 0.5) is 11.4 Å². The summed E-state index contributed by atoms with van der Waals surface area (Å²) in [6.45, 7) is 8.29. The van der Waals surface area contributed by atoms with Gasteiger partial charge in [-0.05, 0) is 50.2 Å². The van der Waals surface area contributed by atoms with E-state index in [0.29, 0.717) is 6.42 Å². The van der Waals surface area contributed by atoms with Crippen LogP contribution in [0.5, 0.6) is 5.75 Å². The molecule has 2 heterocycles. The van der Waals surface area contributed by atoms with Gasteiger partial charge < -0.3 is 15.3 Å². The van der Waals surface area contributed by atoms with Crippen molar-refractivity contribution in [3.05, 3.63) is 66.0 Å². The molecular formula is C24H29N5O2. The van der Waals surface area contributed by atoms with Crippen LogP contribution in [0.15, 0.2) is 54.6 Å². The first-order valence-corrected chi connectivity index (χ1v) is 10.7. The molecule has 1 aliphatic rings. The highest BCUT2D eigenvalue weighted by molar-refractivity contribution is 5.92. The summed E-state index contributed by atoms with van der Waals surface area (Å²) in [5.74, 6) is 0.299. The molecule has 0 radical (unpaired) electrons. The second-order valence-electron chi connectivity index (χ2n) is 7.94. The summed E-state index contributed by atoms with van der Waals surface area (Å²) < 4.78 is 1.87. The highest BCUT2D eigenvalue weighted by Crippen LogP contribution is 2.23. The minimum absolute atomic E-state index is 0.0137. The van der Waals surface area contributed by atoms with E-state index < -0.39 is 0 Å². The lowest BCUT2D eigenvalue weighted by atomic mass is 10.2. The van der Waals surface area contributed by atoms with Gasteiger partial charge >= 0.3 is 0 Å². The number of benzene rings is 2. The number of rotatable bonds is 6. The van der Waals surface area contributed by atoms with Gasteiger partial charge in [0.1, 0.15) is 5.75 Å². The quantitative estimate of drug-likeness (QED) is 0.641. The number of para-hydroxylation sites is 1. The molecule has 31 heavy (non-hydrogen) atoms. The third-order valence-electron chi connectivity index (χ3n) is 5.80. The molecule has 0 spiro atoms. The van der Waals surface area contributed by atoms with E-state index in [1.165, 1.54) is 0 Å². The summed E-state index contributed by atoms with van der Waals surface area (Å²) in [6.07, 6.45) is 0.453. The van der Waals surface area contributed by atoms with Crippen molar-refractivity contribution in [1.29, 1.82) is 0 Å². The van der Waals surface area contributed by atoms with Gasteiger partial charge in [0.2, 0.25) is 5.91 Å². The fourth-order valence-corrected chi connectivity index (χ4v) is 4.00. The number of phenolic OH excluding ortho intramolecular Hbond substituents is 1. The van der Waals surface area contributed by atoms with E-state index in [9.17, 15) is 9.90 Å². The maximum absolute atomic E-state index is 12.6. The third kappa shape index (κ3) is 4.88. The van der Waals surface area contributed by atoms with Crippen molar-refractivity contribution < 1.29 is 9.90 Å². The molecule has 1 aliphatic heterocycles. The predicted octanol–water partition coefficient (Wildman–Crippen LogP) is 3.35. The highest BCUT2D eigenvalue weighted by Gasteiger charge is 2.19. The Morgan fingerprint density at radius 1 is 0.968 bits per heavy atom. The Bertz CT molecular complexity index is 1020. The Morgan fingerprint density at radius 2 is 1.65 bits per heavy atom. The number of hydrogen-bond donors (Lipinski definition) is 2. The van der Waals surface area contributed by atoms with E-state index in [1.807, 2.05) is 61.0 Å². The SMILES string of the molecule is Cc1nn(-c2ccccc2)c(C)c1NC(=O)CCN1CCN(c2ccc(O)cc2)CC1. The number of carbonyl (C=O) groups is 1. The lowest BCUT2D eigenvalue weighted by Crippen LogP contribution is -2.47. The fraction of sp³-hybridized carbons (Fsp3) is 0.333. The van der Waals surface area contributed by atoms with Crippen LogP contribution < -0.4 is 10.2 Å². The molecule has 2 N–H and O–H groups in total.